The number of aromatic amines is 1. The fourth-order valence-electron chi connectivity index (χ4n) is 2.80. The maximum atomic E-state index is 12.4. The molecule has 0 atom stereocenters. The summed E-state index contributed by atoms with van der Waals surface area (Å²) in [4.78, 5) is 19.8. The minimum absolute atomic E-state index is 0.0868. The number of para-hydroxylation sites is 2. The molecule has 1 amide bonds. The summed E-state index contributed by atoms with van der Waals surface area (Å²) in [6.45, 7) is 1.79. The molecule has 0 radical (unpaired) electrons. The van der Waals surface area contributed by atoms with Crippen LogP contribution in [-0.4, -0.2) is 15.9 Å². The maximum absolute atomic E-state index is 12.4. The van der Waals surface area contributed by atoms with Gasteiger partial charge >= 0.3 is 0 Å². The number of oxazole rings is 1. The van der Waals surface area contributed by atoms with Gasteiger partial charge in [0.1, 0.15) is 5.52 Å². The number of benzene rings is 2. The molecule has 5 nitrogen and oxygen atoms in total. The highest BCUT2D eigenvalue weighted by Gasteiger charge is 2.12. The summed E-state index contributed by atoms with van der Waals surface area (Å²) in [7, 11) is 0. The molecule has 2 heterocycles. The molecule has 2 aromatic carbocycles. The van der Waals surface area contributed by atoms with Crippen molar-refractivity contribution in [2.45, 2.75) is 13.3 Å². The number of nitrogens with one attached hydrogen (secondary N) is 2. The smallest absolute Gasteiger partial charge is 0.228 e. The second kappa shape index (κ2) is 5.28. The van der Waals surface area contributed by atoms with E-state index in [9.17, 15) is 4.79 Å². The van der Waals surface area contributed by atoms with Gasteiger partial charge in [-0.1, -0.05) is 24.3 Å². The van der Waals surface area contributed by atoms with Gasteiger partial charge in [-0.2, -0.15) is 0 Å². The van der Waals surface area contributed by atoms with E-state index in [1.165, 1.54) is 0 Å². The number of hydrogen-bond donors (Lipinski definition) is 2. The van der Waals surface area contributed by atoms with Gasteiger partial charge in [-0.3, -0.25) is 4.79 Å². The third-order valence-electron chi connectivity index (χ3n) is 3.82. The monoisotopic (exact) mass is 305 g/mol. The predicted octanol–water partition coefficient (Wildman–Crippen LogP) is 3.80. The first-order valence-electron chi connectivity index (χ1n) is 7.42. The van der Waals surface area contributed by atoms with E-state index in [0.29, 0.717) is 23.6 Å². The Morgan fingerprint density at radius 1 is 1.22 bits per heavy atom. The van der Waals surface area contributed by atoms with Crippen LogP contribution in [0.2, 0.25) is 0 Å². The minimum atomic E-state index is -0.0868. The van der Waals surface area contributed by atoms with Crippen LogP contribution in [0.5, 0.6) is 0 Å². The Morgan fingerprint density at radius 2 is 2.09 bits per heavy atom. The Morgan fingerprint density at radius 3 is 3.00 bits per heavy atom. The largest absolute Gasteiger partial charge is 0.439 e. The molecule has 0 bridgehead atoms. The molecule has 5 heteroatoms. The zero-order valence-electron chi connectivity index (χ0n) is 12.6. The highest BCUT2D eigenvalue weighted by Crippen LogP contribution is 2.24. The highest BCUT2D eigenvalue weighted by molar-refractivity contribution is 6.00. The van der Waals surface area contributed by atoms with Crippen molar-refractivity contribution >= 4 is 33.6 Å². The molecule has 0 aliphatic heterocycles. The summed E-state index contributed by atoms with van der Waals surface area (Å²) >= 11 is 0. The predicted molar refractivity (Wildman–Crippen MR) is 89.4 cm³/mol. The van der Waals surface area contributed by atoms with E-state index < -0.39 is 0 Å². The van der Waals surface area contributed by atoms with Gasteiger partial charge in [0.2, 0.25) is 5.91 Å². The molecule has 2 aromatic heterocycles. The van der Waals surface area contributed by atoms with Crippen molar-refractivity contribution in [2.75, 3.05) is 5.32 Å². The molecule has 0 aliphatic rings. The van der Waals surface area contributed by atoms with E-state index in [2.05, 4.69) is 15.3 Å². The van der Waals surface area contributed by atoms with Crippen molar-refractivity contribution in [3.05, 3.63) is 60.1 Å². The molecule has 0 saturated heterocycles. The van der Waals surface area contributed by atoms with Crippen molar-refractivity contribution in [1.82, 2.24) is 9.97 Å². The Bertz CT molecular complexity index is 1010. The van der Waals surface area contributed by atoms with E-state index in [4.69, 9.17) is 4.42 Å². The maximum Gasteiger partial charge on any atom is 0.228 e. The van der Waals surface area contributed by atoms with E-state index in [0.717, 1.165) is 22.0 Å². The molecular formula is C18H15N3O2. The zero-order valence-corrected chi connectivity index (χ0v) is 12.6. The van der Waals surface area contributed by atoms with Gasteiger partial charge in [-0.25, -0.2) is 4.98 Å². The lowest BCUT2D eigenvalue weighted by Gasteiger charge is -2.05. The Kier molecular flexibility index (Phi) is 3.12. The lowest BCUT2D eigenvalue weighted by molar-refractivity contribution is -0.115. The number of carbonyl (C=O) groups is 1. The third kappa shape index (κ3) is 2.46. The average molecular weight is 305 g/mol. The average Bonchev–Trinajstić information content (AvgIpc) is 3.11. The van der Waals surface area contributed by atoms with Gasteiger partial charge in [0, 0.05) is 24.0 Å². The number of hydrogen-bond acceptors (Lipinski definition) is 3. The lowest BCUT2D eigenvalue weighted by Crippen LogP contribution is -2.14. The van der Waals surface area contributed by atoms with Gasteiger partial charge in [-0.05, 0) is 23.8 Å². The number of amides is 1. The molecule has 114 valence electrons. The molecule has 0 unspecified atom stereocenters. The molecule has 4 rings (SSSR count). The fraction of sp³-hybridized carbons (Fsp3) is 0.111. The molecular weight excluding hydrogens is 290 g/mol. The minimum Gasteiger partial charge on any atom is -0.439 e. The topological polar surface area (TPSA) is 70.9 Å². The van der Waals surface area contributed by atoms with Crippen LogP contribution in [0.4, 0.5) is 5.69 Å². The summed E-state index contributed by atoms with van der Waals surface area (Å²) in [6, 6.07) is 13.5. The Labute approximate surface area is 132 Å². The van der Waals surface area contributed by atoms with E-state index in [1.807, 2.05) is 48.7 Å². The van der Waals surface area contributed by atoms with Crippen LogP contribution in [0.25, 0.3) is 22.0 Å². The second-order valence-electron chi connectivity index (χ2n) is 5.47. The summed E-state index contributed by atoms with van der Waals surface area (Å²) < 4.78 is 5.57. The van der Waals surface area contributed by atoms with Gasteiger partial charge in [0.15, 0.2) is 11.5 Å². The Balaban J connectivity index is 1.60. The van der Waals surface area contributed by atoms with E-state index in [-0.39, 0.29) is 5.91 Å². The van der Waals surface area contributed by atoms with Crippen molar-refractivity contribution in [3.63, 3.8) is 0 Å². The molecule has 0 fully saturated rings. The van der Waals surface area contributed by atoms with Crippen LogP contribution in [0.1, 0.15) is 11.5 Å². The molecule has 0 spiro atoms. The second-order valence-corrected chi connectivity index (χ2v) is 5.47. The summed E-state index contributed by atoms with van der Waals surface area (Å²) in [5.41, 5.74) is 4.00. The van der Waals surface area contributed by atoms with Crippen molar-refractivity contribution < 1.29 is 9.21 Å². The number of rotatable bonds is 3. The van der Waals surface area contributed by atoms with Crippen molar-refractivity contribution in [1.29, 1.82) is 0 Å². The number of aryl methyl sites for hydroxylation is 1. The summed E-state index contributed by atoms with van der Waals surface area (Å²) in [6.07, 6.45) is 2.18. The van der Waals surface area contributed by atoms with Crippen LogP contribution < -0.4 is 5.32 Å². The quantitative estimate of drug-likeness (QED) is 0.605. The zero-order chi connectivity index (χ0) is 15.8. The third-order valence-corrected chi connectivity index (χ3v) is 3.82. The van der Waals surface area contributed by atoms with Crippen molar-refractivity contribution in [3.8, 4) is 0 Å². The van der Waals surface area contributed by atoms with Gasteiger partial charge in [0.25, 0.3) is 0 Å². The first kappa shape index (κ1) is 13.6. The first-order chi connectivity index (χ1) is 11.2. The standard InChI is InChI=1S/C18H15N3O2/c1-11-20-15-7-4-8-16(18(15)23-11)21-17(22)9-12-10-19-14-6-3-2-5-13(12)14/h2-8,10,19H,9H2,1H3,(H,21,22). The van der Waals surface area contributed by atoms with Gasteiger partial charge < -0.3 is 14.7 Å². The van der Waals surface area contributed by atoms with E-state index >= 15 is 0 Å². The number of aromatic nitrogens is 2. The number of anilines is 1. The number of nitrogens with zero attached hydrogens (tertiary/aromatic N) is 1. The molecule has 0 saturated carbocycles. The van der Waals surface area contributed by atoms with Gasteiger partial charge in [-0.15, -0.1) is 0 Å². The summed E-state index contributed by atoms with van der Waals surface area (Å²) in [5, 5.41) is 3.98. The van der Waals surface area contributed by atoms with Crippen LogP contribution >= 0.6 is 0 Å². The first-order valence-corrected chi connectivity index (χ1v) is 7.42. The van der Waals surface area contributed by atoms with Crippen LogP contribution in [0.15, 0.2) is 53.1 Å². The van der Waals surface area contributed by atoms with Crippen LogP contribution in [0.3, 0.4) is 0 Å². The lowest BCUT2D eigenvalue weighted by atomic mass is 10.1. The van der Waals surface area contributed by atoms with Crippen LogP contribution in [0, 0.1) is 6.92 Å². The molecule has 23 heavy (non-hydrogen) atoms. The number of fused-ring (bicyclic) bond motifs is 2. The van der Waals surface area contributed by atoms with Crippen molar-refractivity contribution in [2.24, 2.45) is 0 Å². The van der Waals surface area contributed by atoms with Gasteiger partial charge in [0.05, 0.1) is 12.1 Å². The highest BCUT2D eigenvalue weighted by atomic mass is 16.3. The molecule has 2 N–H and O–H groups in total. The fourth-order valence-corrected chi connectivity index (χ4v) is 2.80. The number of carbonyl (C=O) groups excluding carboxylic acids is 1. The SMILES string of the molecule is Cc1nc2cccc(NC(=O)Cc3c[nH]c4ccccc34)c2o1. The molecule has 0 aliphatic carbocycles. The number of H-pyrrole nitrogens is 1. The van der Waals surface area contributed by atoms with E-state index in [1.54, 1.807) is 6.92 Å². The Hall–Kier alpha value is -3.08. The molecule has 4 aromatic rings. The summed E-state index contributed by atoms with van der Waals surface area (Å²) in [5.74, 6) is 0.495. The van der Waals surface area contributed by atoms with Crippen LogP contribution in [-0.2, 0) is 11.2 Å². The normalized spacial score (nSPS) is 11.2.